The largest absolute Gasteiger partial charge is 0.465 e. The number of carbonyl (C=O) groups is 2. The molecule has 148 valence electrons. The average Bonchev–Trinajstić information content (AvgIpc) is 2.71. The minimum atomic E-state index is -0.380. The van der Waals surface area contributed by atoms with E-state index >= 15 is 0 Å². The molecule has 2 atom stereocenters. The molecule has 0 N–H and O–H groups in total. The van der Waals surface area contributed by atoms with Gasteiger partial charge in [-0.15, -0.1) is 0 Å². The predicted molar refractivity (Wildman–Crippen MR) is 102 cm³/mol. The van der Waals surface area contributed by atoms with Gasteiger partial charge in [-0.05, 0) is 35.6 Å². The molecular weight excluding hydrogens is 361 g/mol. The van der Waals surface area contributed by atoms with Gasteiger partial charge in [-0.2, -0.15) is 0 Å². The van der Waals surface area contributed by atoms with Crippen molar-refractivity contribution in [3.8, 4) is 0 Å². The molecule has 0 bridgehead atoms. The molecule has 0 spiro atoms. The van der Waals surface area contributed by atoms with Gasteiger partial charge in [-0.25, -0.2) is 9.18 Å². The van der Waals surface area contributed by atoms with Crippen LogP contribution in [0.4, 0.5) is 9.18 Å². The van der Waals surface area contributed by atoms with Gasteiger partial charge in [0, 0.05) is 25.9 Å². The highest BCUT2D eigenvalue weighted by Gasteiger charge is 2.33. The van der Waals surface area contributed by atoms with Crippen LogP contribution in [0.2, 0.25) is 0 Å². The Morgan fingerprint density at radius 2 is 1.79 bits per heavy atom. The lowest BCUT2D eigenvalue weighted by Crippen LogP contribution is -2.44. The van der Waals surface area contributed by atoms with Crippen molar-refractivity contribution < 1.29 is 23.5 Å². The standard InChI is InChI=1S/C22H24FNO4/c1-16(25)27-15-19-13-24(22(26)28-14-17-5-3-2-4-6-17)12-11-21(19)18-7-9-20(23)10-8-18/h2-10,19,21H,11-15H2,1H3/t19-,21-/m0/s1. The first-order chi connectivity index (χ1) is 13.5. The molecule has 0 radical (unpaired) electrons. The summed E-state index contributed by atoms with van der Waals surface area (Å²) in [7, 11) is 0. The van der Waals surface area contributed by atoms with E-state index in [1.165, 1.54) is 19.1 Å². The van der Waals surface area contributed by atoms with Crippen molar-refractivity contribution >= 4 is 12.1 Å². The van der Waals surface area contributed by atoms with Gasteiger partial charge in [0.15, 0.2) is 0 Å². The van der Waals surface area contributed by atoms with E-state index in [2.05, 4.69) is 0 Å². The second-order valence-corrected chi connectivity index (χ2v) is 7.00. The van der Waals surface area contributed by atoms with E-state index in [4.69, 9.17) is 9.47 Å². The van der Waals surface area contributed by atoms with E-state index in [9.17, 15) is 14.0 Å². The molecule has 1 amide bonds. The highest BCUT2D eigenvalue weighted by atomic mass is 19.1. The van der Waals surface area contributed by atoms with Crippen LogP contribution in [0.15, 0.2) is 54.6 Å². The Hall–Kier alpha value is -2.89. The van der Waals surface area contributed by atoms with Gasteiger partial charge in [0.2, 0.25) is 0 Å². The minimum absolute atomic E-state index is 0.0765. The van der Waals surface area contributed by atoms with Gasteiger partial charge in [0.05, 0.1) is 6.61 Å². The van der Waals surface area contributed by atoms with Gasteiger partial charge in [-0.1, -0.05) is 42.5 Å². The van der Waals surface area contributed by atoms with Crippen LogP contribution in [0.1, 0.15) is 30.4 Å². The van der Waals surface area contributed by atoms with E-state index in [0.29, 0.717) is 19.5 Å². The molecule has 5 nitrogen and oxygen atoms in total. The molecule has 0 saturated carbocycles. The lowest BCUT2D eigenvalue weighted by molar-refractivity contribution is -0.143. The van der Waals surface area contributed by atoms with Crippen LogP contribution >= 0.6 is 0 Å². The van der Waals surface area contributed by atoms with Crippen molar-refractivity contribution in [2.75, 3.05) is 19.7 Å². The van der Waals surface area contributed by atoms with Crippen LogP contribution in [0.5, 0.6) is 0 Å². The maximum atomic E-state index is 13.3. The molecule has 2 aromatic rings. The lowest BCUT2D eigenvalue weighted by Gasteiger charge is -2.38. The summed E-state index contributed by atoms with van der Waals surface area (Å²) >= 11 is 0. The van der Waals surface area contributed by atoms with Gasteiger partial charge in [-0.3, -0.25) is 4.79 Å². The smallest absolute Gasteiger partial charge is 0.410 e. The second kappa shape index (κ2) is 9.35. The van der Waals surface area contributed by atoms with E-state index in [1.807, 2.05) is 30.3 Å². The molecule has 1 fully saturated rings. The number of amides is 1. The number of esters is 1. The van der Waals surface area contributed by atoms with Crippen LogP contribution in [0, 0.1) is 11.7 Å². The molecule has 0 unspecified atom stereocenters. The highest BCUT2D eigenvalue weighted by molar-refractivity contribution is 5.68. The topological polar surface area (TPSA) is 55.8 Å². The first-order valence-corrected chi connectivity index (χ1v) is 9.37. The number of carbonyl (C=O) groups excluding carboxylic acids is 2. The number of halogens is 1. The molecule has 2 aromatic carbocycles. The Kier molecular flexibility index (Phi) is 6.63. The molecule has 28 heavy (non-hydrogen) atoms. The zero-order chi connectivity index (χ0) is 19.9. The Labute approximate surface area is 164 Å². The summed E-state index contributed by atoms with van der Waals surface area (Å²) < 4.78 is 23.9. The third-order valence-corrected chi connectivity index (χ3v) is 5.00. The fraction of sp³-hybridized carbons (Fsp3) is 0.364. The van der Waals surface area contributed by atoms with Crippen molar-refractivity contribution in [2.24, 2.45) is 5.92 Å². The zero-order valence-electron chi connectivity index (χ0n) is 15.8. The third-order valence-electron chi connectivity index (χ3n) is 5.00. The van der Waals surface area contributed by atoms with Gasteiger partial charge >= 0.3 is 12.1 Å². The molecule has 3 rings (SSSR count). The molecule has 1 aliphatic rings. The Bertz CT molecular complexity index is 794. The third kappa shape index (κ3) is 5.31. The van der Waals surface area contributed by atoms with Crippen LogP contribution in [-0.4, -0.2) is 36.7 Å². The number of hydrogen-bond acceptors (Lipinski definition) is 4. The number of benzene rings is 2. The lowest BCUT2D eigenvalue weighted by atomic mass is 9.81. The molecule has 0 aromatic heterocycles. The number of hydrogen-bond donors (Lipinski definition) is 0. The summed E-state index contributed by atoms with van der Waals surface area (Å²) in [6.07, 6.45) is 0.312. The minimum Gasteiger partial charge on any atom is -0.465 e. The summed E-state index contributed by atoms with van der Waals surface area (Å²) in [4.78, 5) is 25.4. The van der Waals surface area contributed by atoms with Crippen LogP contribution in [0.3, 0.4) is 0 Å². The maximum Gasteiger partial charge on any atom is 0.410 e. The van der Waals surface area contributed by atoms with E-state index in [0.717, 1.165) is 11.1 Å². The molecule has 6 heteroatoms. The number of ether oxygens (including phenoxy) is 2. The Balaban J connectivity index is 1.64. The average molecular weight is 385 g/mol. The van der Waals surface area contributed by atoms with Crippen molar-refractivity contribution in [2.45, 2.75) is 25.9 Å². The van der Waals surface area contributed by atoms with E-state index in [1.54, 1.807) is 17.0 Å². The number of piperidine rings is 1. The molecular formula is C22H24FNO4. The summed E-state index contributed by atoms with van der Waals surface area (Å²) in [5.41, 5.74) is 1.91. The van der Waals surface area contributed by atoms with Gasteiger partial charge in [0.25, 0.3) is 0 Å². The van der Waals surface area contributed by atoms with Gasteiger partial charge < -0.3 is 14.4 Å². The van der Waals surface area contributed by atoms with Crippen LogP contribution in [-0.2, 0) is 20.9 Å². The predicted octanol–water partition coefficient (Wildman–Crippen LogP) is 4.13. The normalized spacial score (nSPS) is 19.1. The molecule has 1 heterocycles. The van der Waals surface area contributed by atoms with Crippen LogP contribution in [0.25, 0.3) is 0 Å². The fourth-order valence-electron chi connectivity index (χ4n) is 3.55. The highest BCUT2D eigenvalue weighted by Crippen LogP contribution is 2.33. The van der Waals surface area contributed by atoms with Gasteiger partial charge in [0.1, 0.15) is 12.4 Å². The van der Waals surface area contributed by atoms with Crippen molar-refractivity contribution in [3.63, 3.8) is 0 Å². The first kappa shape index (κ1) is 19.9. The Morgan fingerprint density at radius 1 is 1.07 bits per heavy atom. The summed E-state index contributed by atoms with van der Waals surface area (Å²) in [6, 6.07) is 15.9. The molecule has 0 aliphatic carbocycles. The van der Waals surface area contributed by atoms with E-state index < -0.39 is 0 Å². The summed E-state index contributed by atoms with van der Waals surface area (Å²) in [5, 5.41) is 0. The SMILES string of the molecule is CC(=O)OC[C@@H]1CN(C(=O)OCc2ccccc2)CC[C@H]1c1ccc(F)cc1. The monoisotopic (exact) mass is 385 g/mol. The van der Waals surface area contributed by atoms with Crippen molar-refractivity contribution in [1.29, 1.82) is 0 Å². The molecule has 1 aliphatic heterocycles. The number of rotatable bonds is 5. The second-order valence-electron chi connectivity index (χ2n) is 7.00. The quantitative estimate of drug-likeness (QED) is 0.726. The maximum absolute atomic E-state index is 13.3. The zero-order valence-corrected chi connectivity index (χ0v) is 15.8. The van der Waals surface area contributed by atoms with Crippen molar-refractivity contribution in [1.82, 2.24) is 4.90 Å². The number of likely N-dealkylation sites (tertiary alicyclic amines) is 1. The fourth-order valence-corrected chi connectivity index (χ4v) is 3.55. The molecule has 1 saturated heterocycles. The summed E-state index contributed by atoms with van der Waals surface area (Å²) in [5.74, 6) is -0.644. The van der Waals surface area contributed by atoms with E-state index in [-0.39, 0.29) is 42.9 Å². The first-order valence-electron chi connectivity index (χ1n) is 9.37. The van der Waals surface area contributed by atoms with Crippen LogP contribution < -0.4 is 0 Å². The Morgan fingerprint density at radius 3 is 2.46 bits per heavy atom. The summed E-state index contributed by atoms with van der Waals surface area (Å²) in [6.45, 7) is 2.74. The van der Waals surface area contributed by atoms with Crippen molar-refractivity contribution in [3.05, 3.63) is 71.5 Å². The number of nitrogens with zero attached hydrogens (tertiary/aromatic N) is 1.